The minimum Gasteiger partial charge on any atom is -0.479 e. The van der Waals surface area contributed by atoms with Crippen molar-refractivity contribution >= 4 is 12.1 Å². The van der Waals surface area contributed by atoms with E-state index in [9.17, 15) is 27.9 Å². The van der Waals surface area contributed by atoms with E-state index in [1.807, 2.05) is 0 Å². The average Bonchev–Trinajstić information content (AvgIpc) is 2.63. The number of ether oxygens (including phenoxy) is 2. The second-order valence-corrected chi connectivity index (χ2v) is 5.69. The molecule has 0 aliphatic rings. The van der Waals surface area contributed by atoms with Crippen LogP contribution >= 0.6 is 0 Å². The zero-order valence-corrected chi connectivity index (χ0v) is 14.8. The van der Waals surface area contributed by atoms with Gasteiger partial charge in [-0.25, -0.2) is 9.59 Å². The van der Waals surface area contributed by atoms with Crippen molar-refractivity contribution < 1.29 is 37.3 Å². The smallest absolute Gasteiger partial charge is 0.479 e. The van der Waals surface area contributed by atoms with Gasteiger partial charge in [0.2, 0.25) is 0 Å². The first-order chi connectivity index (χ1) is 13.2. The van der Waals surface area contributed by atoms with E-state index in [0.717, 1.165) is 17.0 Å². The van der Waals surface area contributed by atoms with E-state index in [0.29, 0.717) is 5.56 Å². The van der Waals surface area contributed by atoms with Crippen LogP contribution < -0.4 is 4.74 Å². The zero-order valence-electron chi connectivity index (χ0n) is 14.8. The summed E-state index contributed by atoms with van der Waals surface area (Å²) in [5.41, 5.74) is 0.659. The fourth-order valence-electron chi connectivity index (χ4n) is 2.56. The highest BCUT2D eigenvalue weighted by Crippen LogP contribution is 2.28. The summed E-state index contributed by atoms with van der Waals surface area (Å²) in [6.07, 6.45) is -5.82. The molecule has 0 heterocycles. The number of aliphatic carboxylic acids is 1. The van der Waals surface area contributed by atoms with Crippen molar-refractivity contribution in [1.82, 2.24) is 4.90 Å². The van der Waals surface area contributed by atoms with Crippen LogP contribution in [0.2, 0.25) is 0 Å². The number of carbonyl (C=O) groups is 2. The molecule has 1 N–H and O–H groups in total. The molecule has 150 valence electrons. The Hall–Kier alpha value is -3.23. The highest BCUT2D eigenvalue weighted by Gasteiger charge is 2.34. The van der Waals surface area contributed by atoms with Gasteiger partial charge in [0.25, 0.3) is 0 Å². The third-order valence-corrected chi connectivity index (χ3v) is 3.73. The van der Waals surface area contributed by atoms with E-state index < -0.39 is 30.2 Å². The van der Waals surface area contributed by atoms with Crippen LogP contribution in [-0.2, 0) is 16.1 Å². The van der Waals surface area contributed by atoms with Crippen LogP contribution in [0.3, 0.4) is 0 Å². The van der Waals surface area contributed by atoms with Gasteiger partial charge in [0.1, 0.15) is 12.4 Å². The Balaban J connectivity index is 2.21. The minimum absolute atomic E-state index is 0.0328. The molecular formula is C19H18F3NO5. The van der Waals surface area contributed by atoms with Gasteiger partial charge < -0.3 is 14.6 Å². The standard InChI is InChI=1S/C19H18F3NO5/c1-2-23(18(26)27-12-13-7-4-3-5-8-13)16(17(24)25)14-9-6-10-15(11-14)28-19(20,21)22/h3-11,16H,2,12H2,1H3,(H,24,25). The van der Waals surface area contributed by atoms with E-state index >= 15 is 0 Å². The van der Waals surface area contributed by atoms with Crippen LogP contribution in [0.5, 0.6) is 5.75 Å². The highest BCUT2D eigenvalue weighted by molar-refractivity contribution is 5.81. The number of carboxylic acids is 1. The summed E-state index contributed by atoms with van der Waals surface area (Å²) in [4.78, 5) is 25.1. The number of alkyl halides is 3. The van der Waals surface area contributed by atoms with Crippen LogP contribution in [0.1, 0.15) is 24.1 Å². The summed E-state index contributed by atoms with van der Waals surface area (Å²) in [7, 11) is 0. The molecule has 0 saturated carbocycles. The molecular weight excluding hydrogens is 379 g/mol. The van der Waals surface area contributed by atoms with Crippen LogP contribution in [0, 0.1) is 0 Å². The summed E-state index contributed by atoms with van der Waals surface area (Å²) < 4.78 is 46.3. The maximum atomic E-state index is 12.4. The predicted molar refractivity (Wildman–Crippen MR) is 92.5 cm³/mol. The number of carboxylic acid groups (broad SMARTS) is 1. The first-order valence-electron chi connectivity index (χ1n) is 8.27. The number of hydrogen-bond acceptors (Lipinski definition) is 4. The number of benzene rings is 2. The van der Waals surface area contributed by atoms with Crippen molar-refractivity contribution in [2.45, 2.75) is 25.9 Å². The first-order valence-corrected chi connectivity index (χ1v) is 8.27. The lowest BCUT2D eigenvalue weighted by atomic mass is 10.1. The summed E-state index contributed by atoms with van der Waals surface area (Å²) in [6.45, 7) is 1.43. The Morgan fingerprint density at radius 2 is 1.79 bits per heavy atom. The molecule has 1 atom stereocenters. The number of hydrogen-bond donors (Lipinski definition) is 1. The molecule has 28 heavy (non-hydrogen) atoms. The molecule has 0 spiro atoms. The molecule has 0 bridgehead atoms. The third kappa shape index (κ3) is 5.90. The van der Waals surface area contributed by atoms with Crippen LogP contribution in [0.25, 0.3) is 0 Å². The summed E-state index contributed by atoms with van der Waals surface area (Å²) in [5.74, 6) is -1.99. The van der Waals surface area contributed by atoms with E-state index in [4.69, 9.17) is 4.74 Å². The van der Waals surface area contributed by atoms with Gasteiger partial charge >= 0.3 is 18.4 Å². The van der Waals surface area contributed by atoms with Crippen molar-refractivity contribution in [2.75, 3.05) is 6.54 Å². The highest BCUT2D eigenvalue weighted by atomic mass is 19.4. The number of likely N-dealkylation sites (N-methyl/N-ethyl adjacent to an activating group) is 1. The van der Waals surface area contributed by atoms with E-state index in [-0.39, 0.29) is 18.7 Å². The van der Waals surface area contributed by atoms with Crippen molar-refractivity contribution in [2.24, 2.45) is 0 Å². The Kier molecular flexibility index (Phi) is 6.86. The number of amides is 1. The monoisotopic (exact) mass is 397 g/mol. The lowest BCUT2D eigenvalue weighted by molar-refractivity contribution is -0.274. The van der Waals surface area contributed by atoms with E-state index in [2.05, 4.69) is 4.74 Å². The molecule has 0 aromatic heterocycles. The Morgan fingerprint density at radius 1 is 1.11 bits per heavy atom. The van der Waals surface area contributed by atoms with Gasteiger partial charge in [0, 0.05) is 6.54 Å². The lowest BCUT2D eigenvalue weighted by Crippen LogP contribution is -2.39. The fraction of sp³-hybridized carbons (Fsp3) is 0.263. The number of nitrogens with zero attached hydrogens (tertiary/aromatic N) is 1. The maximum Gasteiger partial charge on any atom is 0.573 e. The summed E-state index contributed by atoms with van der Waals surface area (Å²) in [5, 5.41) is 9.57. The quantitative estimate of drug-likeness (QED) is 0.751. The van der Waals surface area contributed by atoms with Gasteiger partial charge in [0.05, 0.1) is 0 Å². The van der Waals surface area contributed by atoms with Crippen molar-refractivity contribution in [3.8, 4) is 5.75 Å². The Bertz CT molecular complexity index is 811. The molecule has 1 unspecified atom stereocenters. The lowest BCUT2D eigenvalue weighted by Gasteiger charge is -2.27. The fourth-order valence-corrected chi connectivity index (χ4v) is 2.56. The van der Waals surface area contributed by atoms with Gasteiger partial charge in [-0.1, -0.05) is 42.5 Å². The number of rotatable bonds is 7. The van der Waals surface area contributed by atoms with Crippen LogP contribution in [-0.4, -0.2) is 35.0 Å². The summed E-state index contributed by atoms with van der Waals surface area (Å²) in [6, 6.07) is 11.7. The van der Waals surface area contributed by atoms with Crippen molar-refractivity contribution in [3.05, 3.63) is 65.7 Å². The van der Waals surface area contributed by atoms with E-state index in [1.165, 1.54) is 19.1 Å². The van der Waals surface area contributed by atoms with Crippen molar-refractivity contribution in [1.29, 1.82) is 0 Å². The largest absolute Gasteiger partial charge is 0.573 e. The average molecular weight is 397 g/mol. The van der Waals surface area contributed by atoms with Gasteiger partial charge in [-0.2, -0.15) is 0 Å². The molecule has 2 aromatic carbocycles. The molecule has 1 amide bonds. The molecule has 6 nitrogen and oxygen atoms in total. The van der Waals surface area contributed by atoms with Crippen LogP contribution in [0.15, 0.2) is 54.6 Å². The zero-order chi connectivity index (χ0) is 20.7. The molecule has 2 aromatic rings. The molecule has 0 aliphatic heterocycles. The number of halogens is 3. The molecule has 9 heteroatoms. The van der Waals surface area contributed by atoms with Crippen LogP contribution in [0.4, 0.5) is 18.0 Å². The second-order valence-electron chi connectivity index (χ2n) is 5.69. The molecule has 0 saturated heterocycles. The summed E-state index contributed by atoms with van der Waals surface area (Å²) >= 11 is 0. The number of carbonyl (C=O) groups excluding carboxylic acids is 1. The van der Waals surface area contributed by atoms with Gasteiger partial charge in [-0.3, -0.25) is 4.90 Å². The van der Waals surface area contributed by atoms with Gasteiger partial charge in [0.15, 0.2) is 6.04 Å². The minimum atomic E-state index is -4.92. The molecule has 0 aliphatic carbocycles. The van der Waals surface area contributed by atoms with E-state index in [1.54, 1.807) is 30.3 Å². The van der Waals surface area contributed by atoms with Gasteiger partial charge in [-0.05, 0) is 30.2 Å². The second kappa shape index (κ2) is 9.12. The van der Waals surface area contributed by atoms with Crippen molar-refractivity contribution in [3.63, 3.8) is 0 Å². The Morgan fingerprint density at radius 3 is 2.36 bits per heavy atom. The normalized spacial score (nSPS) is 12.1. The molecule has 2 rings (SSSR count). The van der Waals surface area contributed by atoms with Gasteiger partial charge in [-0.15, -0.1) is 13.2 Å². The first kappa shape index (κ1) is 21.1. The topological polar surface area (TPSA) is 76.1 Å². The molecule has 0 radical (unpaired) electrons. The predicted octanol–water partition coefficient (Wildman–Crippen LogP) is 4.37. The SMILES string of the molecule is CCN(C(=O)OCc1ccccc1)C(C(=O)O)c1cccc(OC(F)(F)F)c1. The molecule has 0 fully saturated rings. The maximum absolute atomic E-state index is 12.4. The Labute approximate surface area is 159 Å². The third-order valence-electron chi connectivity index (χ3n) is 3.73.